The van der Waals surface area contributed by atoms with Crippen LogP contribution in [0, 0.1) is 0 Å². The number of carbonyl (C=O) groups excluding carboxylic acids is 4. The molecular weight excluding hydrogens is 350 g/mol. The highest BCUT2D eigenvalue weighted by Gasteiger charge is 2.16. The van der Waals surface area contributed by atoms with Gasteiger partial charge in [-0.1, -0.05) is 0 Å². The summed E-state index contributed by atoms with van der Waals surface area (Å²) in [6, 6.07) is 6.01. The predicted octanol–water partition coefficient (Wildman–Crippen LogP) is 0.230. The van der Waals surface area contributed by atoms with Crippen LogP contribution in [0.4, 0.5) is 5.69 Å². The van der Waals surface area contributed by atoms with E-state index in [0.29, 0.717) is 17.1 Å². The average Bonchev–Trinajstić information content (AvgIpc) is 3.05. The lowest BCUT2D eigenvalue weighted by Crippen LogP contribution is -2.43. The molecule has 3 N–H and O–H groups in total. The second-order valence-electron chi connectivity index (χ2n) is 6.13. The molecule has 0 aliphatic carbocycles. The molecule has 1 aromatic carbocycles. The van der Waals surface area contributed by atoms with Crippen molar-refractivity contribution in [1.82, 2.24) is 20.2 Å². The third-order valence-electron chi connectivity index (χ3n) is 3.49. The topological polar surface area (TPSA) is 122 Å². The molecule has 0 fully saturated rings. The first-order valence-electron chi connectivity index (χ1n) is 8.28. The molecule has 142 valence electrons. The van der Waals surface area contributed by atoms with Crippen LogP contribution in [0.15, 0.2) is 36.7 Å². The molecule has 0 saturated heterocycles. The van der Waals surface area contributed by atoms with Gasteiger partial charge in [-0.15, -0.1) is 0 Å². The molecule has 1 heterocycles. The Kier molecular flexibility index (Phi) is 6.42. The number of nitrogens with zero attached hydrogens (tertiary/aromatic N) is 2. The van der Waals surface area contributed by atoms with Crippen molar-refractivity contribution >= 4 is 29.2 Å². The second-order valence-corrected chi connectivity index (χ2v) is 6.13. The Morgan fingerprint density at radius 3 is 2.30 bits per heavy atom. The summed E-state index contributed by atoms with van der Waals surface area (Å²) in [5.41, 5.74) is 0.746. The number of hydrogen-bond acceptors (Lipinski definition) is 5. The van der Waals surface area contributed by atoms with E-state index in [2.05, 4.69) is 20.9 Å². The third-order valence-corrected chi connectivity index (χ3v) is 3.49. The van der Waals surface area contributed by atoms with Crippen LogP contribution >= 0.6 is 0 Å². The Bertz CT molecular complexity index is 855. The zero-order valence-electron chi connectivity index (χ0n) is 15.3. The fraction of sp³-hybridized carbons (Fsp3) is 0.278. The number of ketones is 1. The Labute approximate surface area is 156 Å². The summed E-state index contributed by atoms with van der Waals surface area (Å²) in [4.78, 5) is 51.4. The molecular formula is C18H21N5O4. The highest BCUT2D eigenvalue weighted by molar-refractivity contribution is 6.39. The number of amides is 3. The van der Waals surface area contributed by atoms with Gasteiger partial charge >= 0.3 is 11.8 Å². The van der Waals surface area contributed by atoms with Gasteiger partial charge in [0.15, 0.2) is 5.82 Å². The van der Waals surface area contributed by atoms with Gasteiger partial charge in [0.05, 0.1) is 6.54 Å². The first-order valence-corrected chi connectivity index (χ1v) is 8.28. The Hall–Kier alpha value is -3.49. The lowest BCUT2D eigenvalue weighted by molar-refractivity contribution is -0.136. The van der Waals surface area contributed by atoms with Crippen LogP contribution in [0.5, 0.6) is 0 Å². The van der Waals surface area contributed by atoms with Gasteiger partial charge < -0.3 is 20.5 Å². The van der Waals surface area contributed by atoms with Gasteiger partial charge in [0, 0.05) is 36.7 Å². The van der Waals surface area contributed by atoms with Gasteiger partial charge in [0.1, 0.15) is 0 Å². The van der Waals surface area contributed by atoms with Crippen LogP contribution in [-0.2, 0) is 21.4 Å². The van der Waals surface area contributed by atoms with E-state index in [9.17, 15) is 19.2 Å². The fourth-order valence-corrected chi connectivity index (χ4v) is 2.22. The Morgan fingerprint density at radius 2 is 1.74 bits per heavy atom. The normalized spacial score (nSPS) is 10.4. The zero-order valence-corrected chi connectivity index (χ0v) is 15.3. The van der Waals surface area contributed by atoms with Crippen molar-refractivity contribution in [2.45, 2.75) is 19.9 Å². The first kappa shape index (κ1) is 19.8. The summed E-state index contributed by atoms with van der Waals surface area (Å²) in [6.07, 6.45) is 3.20. The number of aryl methyl sites for hydroxylation is 1. The maximum atomic E-state index is 12.3. The lowest BCUT2D eigenvalue weighted by atomic mass is 10.1. The third kappa shape index (κ3) is 5.50. The second kappa shape index (κ2) is 8.75. The summed E-state index contributed by atoms with van der Waals surface area (Å²) >= 11 is 0. The summed E-state index contributed by atoms with van der Waals surface area (Å²) in [6.45, 7) is 3.28. The van der Waals surface area contributed by atoms with Gasteiger partial charge in [0.2, 0.25) is 11.7 Å². The van der Waals surface area contributed by atoms with Crippen LogP contribution in [-0.4, -0.2) is 45.6 Å². The van der Waals surface area contributed by atoms with Gasteiger partial charge in [-0.2, -0.15) is 0 Å². The van der Waals surface area contributed by atoms with E-state index >= 15 is 0 Å². The molecule has 0 aliphatic rings. The molecule has 0 radical (unpaired) electrons. The summed E-state index contributed by atoms with van der Waals surface area (Å²) in [7, 11) is 1.72. The molecule has 0 unspecified atom stereocenters. The van der Waals surface area contributed by atoms with E-state index in [1.165, 1.54) is 30.5 Å². The molecule has 0 spiro atoms. The van der Waals surface area contributed by atoms with Crippen molar-refractivity contribution in [3.8, 4) is 0 Å². The number of anilines is 1. The highest BCUT2D eigenvalue weighted by Crippen LogP contribution is 2.12. The van der Waals surface area contributed by atoms with Crippen LogP contribution in [0.2, 0.25) is 0 Å². The molecule has 0 atom stereocenters. The standard InChI is InChI=1S/C18H21N5O4/c1-11(2)21-14(24)10-20-17(26)18(27)22-13-6-4-12(5-7-13)15(25)16-19-8-9-23(16)3/h4-9,11H,10H2,1-3H3,(H,20,26)(H,21,24)(H,22,27). The molecule has 0 saturated carbocycles. The lowest BCUT2D eigenvalue weighted by Gasteiger charge is -2.09. The molecule has 27 heavy (non-hydrogen) atoms. The van der Waals surface area contributed by atoms with E-state index in [1.807, 2.05) is 0 Å². The average molecular weight is 371 g/mol. The smallest absolute Gasteiger partial charge is 0.313 e. The summed E-state index contributed by atoms with van der Waals surface area (Å²) in [5, 5.41) is 7.23. The van der Waals surface area contributed by atoms with E-state index in [-0.39, 0.29) is 24.3 Å². The number of hydrogen-bond donors (Lipinski definition) is 3. The zero-order chi connectivity index (χ0) is 20.0. The summed E-state index contributed by atoms with van der Waals surface area (Å²) < 4.78 is 1.61. The van der Waals surface area contributed by atoms with Crippen molar-refractivity contribution in [1.29, 1.82) is 0 Å². The van der Waals surface area contributed by atoms with Gasteiger partial charge in [-0.3, -0.25) is 19.2 Å². The van der Waals surface area contributed by atoms with Crippen molar-refractivity contribution in [2.24, 2.45) is 7.05 Å². The molecule has 0 bridgehead atoms. The van der Waals surface area contributed by atoms with Gasteiger partial charge in [0.25, 0.3) is 0 Å². The quantitative estimate of drug-likeness (QED) is 0.496. The highest BCUT2D eigenvalue weighted by atomic mass is 16.2. The van der Waals surface area contributed by atoms with Crippen molar-refractivity contribution < 1.29 is 19.2 Å². The molecule has 1 aromatic heterocycles. The Balaban J connectivity index is 1.91. The maximum absolute atomic E-state index is 12.3. The van der Waals surface area contributed by atoms with Crippen LogP contribution < -0.4 is 16.0 Å². The minimum Gasteiger partial charge on any atom is -0.352 e. The van der Waals surface area contributed by atoms with Crippen molar-refractivity contribution in [3.05, 3.63) is 48.0 Å². The van der Waals surface area contributed by atoms with Crippen LogP contribution in [0.3, 0.4) is 0 Å². The van der Waals surface area contributed by atoms with Crippen molar-refractivity contribution in [3.63, 3.8) is 0 Å². The number of carbonyl (C=O) groups is 4. The Morgan fingerprint density at radius 1 is 1.07 bits per heavy atom. The number of benzene rings is 1. The van der Waals surface area contributed by atoms with Crippen LogP contribution in [0.1, 0.15) is 30.0 Å². The van der Waals surface area contributed by atoms with E-state index in [4.69, 9.17) is 0 Å². The number of nitrogens with one attached hydrogen (secondary N) is 3. The maximum Gasteiger partial charge on any atom is 0.313 e. The van der Waals surface area contributed by atoms with Gasteiger partial charge in [-0.25, -0.2) is 4.98 Å². The van der Waals surface area contributed by atoms with E-state index < -0.39 is 11.8 Å². The predicted molar refractivity (Wildman–Crippen MR) is 98.0 cm³/mol. The van der Waals surface area contributed by atoms with Crippen LogP contribution in [0.25, 0.3) is 0 Å². The molecule has 9 heteroatoms. The molecule has 2 rings (SSSR count). The summed E-state index contributed by atoms with van der Waals surface area (Å²) in [5.74, 6) is -2.18. The minimum absolute atomic E-state index is 0.0600. The van der Waals surface area contributed by atoms with Crippen molar-refractivity contribution in [2.75, 3.05) is 11.9 Å². The number of imidazole rings is 1. The largest absolute Gasteiger partial charge is 0.352 e. The number of rotatable bonds is 6. The monoisotopic (exact) mass is 371 g/mol. The molecule has 3 amide bonds. The molecule has 0 aliphatic heterocycles. The van der Waals surface area contributed by atoms with E-state index in [1.54, 1.807) is 31.7 Å². The minimum atomic E-state index is -0.929. The molecule has 2 aromatic rings. The fourth-order valence-electron chi connectivity index (χ4n) is 2.22. The van der Waals surface area contributed by atoms with Gasteiger partial charge in [-0.05, 0) is 38.1 Å². The number of aromatic nitrogens is 2. The van der Waals surface area contributed by atoms with E-state index in [0.717, 1.165) is 0 Å². The first-order chi connectivity index (χ1) is 12.8. The molecule has 9 nitrogen and oxygen atoms in total. The SMILES string of the molecule is CC(C)NC(=O)CNC(=O)C(=O)Nc1ccc(C(=O)c2nccn2C)cc1.